The topological polar surface area (TPSA) is 115 Å². The van der Waals surface area contributed by atoms with Crippen LogP contribution in [0.3, 0.4) is 0 Å². The molecular formula is C18H27N7O. The number of anilines is 1. The van der Waals surface area contributed by atoms with Gasteiger partial charge in [-0.25, -0.2) is 9.97 Å². The standard InChI is InChI=1S/C18H27N7O/c19-17-21-12-14(16(23-17)11-13-1-2-13)15-3-5-22-18(20,24-15)4-6-25-7-9-26-10-8-25/h3,5,12-13,24H,1-2,4,6-11,20H2,(H2,19,21,23). The minimum absolute atomic E-state index is 0.320. The molecule has 0 bridgehead atoms. The summed E-state index contributed by atoms with van der Waals surface area (Å²) in [6.07, 6.45) is 9.68. The molecule has 1 atom stereocenters. The molecule has 3 heterocycles. The van der Waals surface area contributed by atoms with Crippen LogP contribution in [0.15, 0.2) is 17.3 Å². The van der Waals surface area contributed by atoms with E-state index in [1.54, 1.807) is 12.4 Å². The largest absolute Gasteiger partial charge is 0.379 e. The number of allylic oxidation sites excluding steroid dienone is 1. The minimum atomic E-state index is -0.819. The molecule has 8 heteroatoms. The van der Waals surface area contributed by atoms with Crippen LogP contribution >= 0.6 is 0 Å². The predicted molar refractivity (Wildman–Crippen MR) is 101 cm³/mol. The van der Waals surface area contributed by atoms with Gasteiger partial charge < -0.3 is 15.8 Å². The summed E-state index contributed by atoms with van der Waals surface area (Å²) in [4.78, 5) is 15.5. The van der Waals surface area contributed by atoms with Crippen molar-refractivity contribution in [3.05, 3.63) is 23.5 Å². The van der Waals surface area contributed by atoms with E-state index in [0.29, 0.717) is 18.3 Å². The fraction of sp³-hybridized carbons (Fsp3) is 0.611. The first kappa shape index (κ1) is 17.4. The molecule has 8 nitrogen and oxygen atoms in total. The average Bonchev–Trinajstić information content (AvgIpc) is 3.45. The zero-order valence-corrected chi connectivity index (χ0v) is 15.0. The van der Waals surface area contributed by atoms with Crippen molar-refractivity contribution in [2.45, 2.75) is 31.5 Å². The van der Waals surface area contributed by atoms with E-state index in [1.807, 2.05) is 6.08 Å². The van der Waals surface area contributed by atoms with Crippen molar-refractivity contribution in [1.29, 1.82) is 0 Å². The van der Waals surface area contributed by atoms with Crippen LogP contribution < -0.4 is 16.8 Å². The number of ether oxygens (including phenoxy) is 1. The quantitative estimate of drug-likeness (QED) is 0.673. The lowest BCUT2D eigenvalue weighted by Gasteiger charge is -2.34. The van der Waals surface area contributed by atoms with E-state index in [2.05, 4.69) is 25.2 Å². The third kappa shape index (κ3) is 4.20. The zero-order chi connectivity index (χ0) is 18.0. The van der Waals surface area contributed by atoms with Crippen LogP contribution in [0.1, 0.15) is 30.5 Å². The maximum absolute atomic E-state index is 6.52. The van der Waals surface area contributed by atoms with Crippen molar-refractivity contribution in [3.63, 3.8) is 0 Å². The molecule has 26 heavy (non-hydrogen) atoms. The Kier molecular flexibility index (Phi) is 4.88. The first-order chi connectivity index (χ1) is 12.6. The molecule has 0 spiro atoms. The molecule has 140 valence electrons. The smallest absolute Gasteiger partial charge is 0.220 e. The molecule has 1 unspecified atom stereocenters. The Labute approximate surface area is 153 Å². The summed E-state index contributed by atoms with van der Waals surface area (Å²) in [7, 11) is 0. The van der Waals surface area contributed by atoms with Gasteiger partial charge in [0.05, 0.1) is 18.9 Å². The summed E-state index contributed by atoms with van der Waals surface area (Å²) >= 11 is 0. The van der Waals surface area contributed by atoms with Gasteiger partial charge in [-0.2, -0.15) is 0 Å². The molecule has 1 saturated carbocycles. The summed E-state index contributed by atoms with van der Waals surface area (Å²) in [6.45, 7) is 4.34. The summed E-state index contributed by atoms with van der Waals surface area (Å²) in [6, 6.07) is 0. The van der Waals surface area contributed by atoms with Crippen LogP contribution in [0, 0.1) is 5.92 Å². The van der Waals surface area contributed by atoms with Gasteiger partial charge in [0.15, 0.2) is 5.79 Å². The predicted octanol–water partition coefficient (Wildman–Crippen LogP) is 0.361. The Bertz CT molecular complexity index is 709. The molecule has 0 aromatic carbocycles. The Morgan fingerprint density at radius 3 is 2.88 bits per heavy atom. The molecule has 3 aliphatic rings. The first-order valence-corrected chi connectivity index (χ1v) is 9.36. The van der Waals surface area contributed by atoms with Gasteiger partial charge in [-0.3, -0.25) is 15.6 Å². The SMILES string of the molecule is Nc1ncc(C2=CC=NC(N)(CCN3CCOCC3)N2)c(CC2CC2)n1. The summed E-state index contributed by atoms with van der Waals surface area (Å²) < 4.78 is 5.40. The van der Waals surface area contributed by atoms with Gasteiger partial charge >= 0.3 is 0 Å². The molecule has 1 aromatic rings. The molecule has 2 fully saturated rings. The molecule has 0 amide bonds. The lowest BCUT2D eigenvalue weighted by molar-refractivity contribution is 0.0342. The van der Waals surface area contributed by atoms with Crippen LogP contribution in [0.2, 0.25) is 0 Å². The number of hydrogen-bond donors (Lipinski definition) is 3. The highest BCUT2D eigenvalue weighted by Gasteiger charge is 2.30. The van der Waals surface area contributed by atoms with Gasteiger partial charge in [-0.05, 0) is 31.3 Å². The van der Waals surface area contributed by atoms with Gasteiger partial charge in [0.25, 0.3) is 0 Å². The molecule has 5 N–H and O–H groups in total. The molecule has 0 radical (unpaired) electrons. The maximum Gasteiger partial charge on any atom is 0.220 e. The highest BCUT2D eigenvalue weighted by atomic mass is 16.5. The molecule has 4 rings (SSSR count). The second-order valence-corrected chi connectivity index (χ2v) is 7.35. The number of hydrogen-bond acceptors (Lipinski definition) is 8. The van der Waals surface area contributed by atoms with Crippen LogP contribution in [0.5, 0.6) is 0 Å². The van der Waals surface area contributed by atoms with E-state index in [9.17, 15) is 0 Å². The van der Waals surface area contributed by atoms with E-state index >= 15 is 0 Å². The monoisotopic (exact) mass is 357 g/mol. The maximum atomic E-state index is 6.52. The zero-order valence-electron chi connectivity index (χ0n) is 15.0. The number of aliphatic imine (C=N–C) groups is 1. The first-order valence-electron chi connectivity index (χ1n) is 9.36. The van der Waals surface area contributed by atoms with Gasteiger partial charge in [-0.1, -0.05) is 0 Å². The van der Waals surface area contributed by atoms with E-state index < -0.39 is 5.79 Å². The van der Waals surface area contributed by atoms with Gasteiger partial charge in [0.2, 0.25) is 5.95 Å². The molecular weight excluding hydrogens is 330 g/mol. The Morgan fingerprint density at radius 2 is 2.12 bits per heavy atom. The number of morpholine rings is 1. The van der Waals surface area contributed by atoms with Crippen molar-refractivity contribution in [1.82, 2.24) is 20.2 Å². The van der Waals surface area contributed by atoms with Crippen molar-refractivity contribution in [2.24, 2.45) is 16.6 Å². The number of nitrogens with two attached hydrogens (primary N) is 2. The van der Waals surface area contributed by atoms with Crippen molar-refractivity contribution >= 4 is 17.9 Å². The van der Waals surface area contributed by atoms with Crippen molar-refractivity contribution < 1.29 is 4.74 Å². The Balaban J connectivity index is 1.46. The number of rotatable bonds is 6. The molecule has 1 saturated heterocycles. The fourth-order valence-corrected chi connectivity index (χ4v) is 3.40. The third-order valence-corrected chi connectivity index (χ3v) is 5.17. The average molecular weight is 357 g/mol. The number of nitrogens with one attached hydrogen (secondary N) is 1. The van der Waals surface area contributed by atoms with E-state index in [1.165, 1.54) is 12.8 Å². The second-order valence-electron chi connectivity index (χ2n) is 7.35. The molecule has 2 aliphatic heterocycles. The lowest BCUT2D eigenvalue weighted by atomic mass is 10.0. The van der Waals surface area contributed by atoms with E-state index in [-0.39, 0.29) is 0 Å². The highest BCUT2D eigenvalue weighted by molar-refractivity contribution is 5.86. The van der Waals surface area contributed by atoms with Gasteiger partial charge in [0.1, 0.15) is 0 Å². The number of nitrogen functional groups attached to an aromatic ring is 1. The fourth-order valence-electron chi connectivity index (χ4n) is 3.40. The van der Waals surface area contributed by atoms with E-state index in [0.717, 1.165) is 56.2 Å². The third-order valence-electron chi connectivity index (χ3n) is 5.17. The second kappa shape index (κ2) is 7.30. The molecule has 1 aliphatic carbocycles. The van der Waals surface area contributed by atoms with Crippen molar-refractivity contribution in [3.8, 4) is 0 Å². The normalized spacial score (nSPS) is 26.4. The van der Waals surface area contributed by atoms with Gasteiger partial charge in [0, 0.05) is 49.7 Å². The highest BCUT2D eigenvalue weighted by Crippen LogP contribution is 2.34. The van der Waals surface area contributed by atoms with Crippen LogP contribution in [0.25, 0.3) is 5.70 Å². The van der Waals surface area contributed by atoms with Crippen LogP contribution in [0.4, 0.5) is 5.95 Å². The molecule has 1 aromatic heterocycles. The summed E-state index contributed by atoms with van der Waals surface area (Å²) in [5, 5.41) is 3.40. The number of aromatic nitrogens is 2. The minimum Gasteiger partial charge on any atom is -0.379 e. The van der Waals surface area contributed by atoms with Crippen LogP contribution in [-0.2, 0) is 11.2 Å². The Hall–Kier alpha value is -2.03. The van der Waals surface area contributed by atoms with Crippen molar-refractivity contribution in [2.75, 3.05) is 38.6 Å². The van der Waals surface area contributed by atoms with E-state index in [4.69, 9.17) is 16.2 Å². The van der Waals surface area contributed by atoms with Crippen LogP contribution in [-0.4, -0.2) is 59.7 Å². The van der Waals surface area contributed by atoms with Gasteiger partial charge in [-0.15, -0.1) is 0 Å². The summed E-state index contributed by atoms with van der Waals surface area (Å²) in [5.74, 6) is 0.214. The summed E-state index contributed by atoms with van der Waals surface area (Å²) in [5.41, 5.74) is 15.2. The lowest BCUT2D eigenvalue weighted by Crippen LogP contribution is -2.54. The number of nitrogens with zero attached hydrogens (tertiary/aromatic N) is 4. The Morgan fingerprint density at radius 1 is 1.31 bits per heavy atom.